The van der Waals surface area contributed by atoms with E-state index in [-0.39, 0.29) is 0 Å². The van der Waals surface area contributed by atoms with Gasteiger partial charge in [0.1, 0.15) is 0 Å². The molecule has 0 aromatic rings. The van der Waals surface area contributed by atoms with Crippen LogP contribution in [0.25, 0.3) is 0 Å². The van der Waals surface area contributed by atoms with Crippen LogP contribution in [0.5, 0.6) is 0 Å². The molecule has 2 aliphatic rings. The average molecular weight is 322 g/mol. The van der Waals surface area contributed by atoms with Crippen LogP contribution in [-0.2, 0) is 23.6 Å². The first-order chi connectivity index (χ1) is 7.93. The molecule has 0 unspecified atom stereocenters. The molecule has 18 heavy (non-hydrogen) atoms. The Bertz CT molecular complexity index is 398. The van der Waals surface area contributed by atoms with Crippen molar-refractivity contribution in [3.8, 4) is 0 Å². The van der Waals surface area contributed by atoms with E-state index in [1.807, 2.05) is 0 Å². The zero-order valence-corrected chi connectivity index (χ0v) is 16.1. The second kappa shape index (κ2) is 4.40. The van der Waals surface area contributed by atoms with Crippen LogP contribution < -0.4 is 0 Å². The van der Waals surface area contributed by atoms with Crippen LogP contribution in [0.1, 0.15) is 54.4 Å². The van der Waals surface area contributed by atoms with Crippen molar-refractivity contribution in [3.05, 3.63) is 0 Å². The van der Waals surface area contributed by atoms with Crippen molar-refractivity contribution in [2.45, 2.75) is 76.0 Å². The van der Waals surface area contributed by atoms with Gasteiger partial charge in [-0.15, -0.1) is 0 Å². The predicted molar refractivity (Wildman–Crippen MR) is 94.6 cm³/mol. The van der Waals surface area contributed by atoms with Crippen LogP contribution in [0, 0.1) is 0 Å². The second-order valence-corrected chi connectivity index (χ2v) is 20.1. The third-order valence-corrected chi connectivity index (χ3v) is 21.3. The zero-order valence-electron chi connectivity index (χ0n) is 12.7. The van der Waals surface area contributed by atoms with Crippen LogP contribution in [0.2, 0.25) is 0 Å². The van der Waals surface area contributed by atoms with Crippen LogP contribution in [0.15, 0.2) is 0 Å². The molecule has 2 fully saturated rings. The standard InChI is InChI=1S/C14H28P2S2/c1-13(2,3)15(17)9-7-11(15)12-8-10-16(12,18)14(4,5)6/h11-12H,7-10H2,1-6H3/t11-,12-,15+,16+/m1/s1. The average Bonchev–Trinajstić information content (AvgIpc) is 2.16. The Morgan fingerprint density at radius 3 is 1.11 bits per heavy atom. The van der Waals surface area contributed by atoms with Gasteiger partial charge < -0.3 is 0 Å². The highest BCUT2D eigenvalue weighted by Crippen LogP contribution is 2.80. The van der Waals surface area contributed by atoms with Gasteiger partial charge in [-0.25, -0.2) is 0 Å². The molecule has 0 amide bonds. The molecule has 2 saturated heterocycles. The van der Waals surface area contributed by atoms with Gasteiger partial charge in [0.15, 0.2) is 0 Å². The third-order valence-electron chi connectivity index (χ3n) is 5.30. The van der Waals surface area contributed by atoms with E-state index in [9.17, 15) is 0 Å². The molecule has 2 rings (SSSR count). The summed E-state index contributed by atoms with van der Waals surface area (Å²) >= 11 is 12.3. The van der Waals surface area contributed by atoms with Crippen molar-refractivity contribution in [1.29, 1.82) is 0 Å². The fraction of sp³-hybridized carbons (Fsp3) is 1.00. The number of hydrogen-bond donors (Lipinski definition) is 0. The maximum Gasteiger partial charge on any atom is -0.00350 e. The molecule has 0 radical (unpaired) electrons. The number of hydrogen-bond acceptors (Lipinski definition) is 2. The van der Waals surface area contributed by atoms with Gasteiger partial charge in [0, 0.05) is 0 Å². The van der Waals surface area contributed by atoms with Gasteiger partial charge in [-0.2, -0.15) is 0 Å². The Morgan fingerprint density at radius 1 is 0.722 bits per heavy atom. The van der Waals surface area contributed by atoms with Crippen molar-refractivity contribution >= 4 is 35.7 Å². The monoisotopic (exact) mass is 322 g/mol. The van der Waals surface area contributed by atoms with Gasteiger partial charge in [-0.3, -0.25) is 0 Å². The lowest BCUT2D eigenvalue weighted by molar-refractivity contribution is 0.593. The van der Waals surface area contributed by atoms with Crippen molar-refractivity contribution in [2.24, 2.45) is 0 Å². The summed E-state index contributed by atoms with van der Waals surface area (Å²) in [6, 6.07) is -2.33. The van der Waals surface area contributed by atoms with E-state index < -0.39 is 12.1 Å². The highest BCUT2D eigenvalue weighted by atomic mass is 32.4. The molecule has 106 valence electrons. The van der Waals surface area contributed by atoms with Gasteiger partial charge in [-0.05, 0) is 58.9 Å². The Morgan fingerprint density at radius 2 is 1.00 bits per heavy atom. The first-order valence-corrected chi connectivity index (χ1v) is 13.2. The summed E-state index contributed by atoms with van der Waals surface area (Å²) in [4.78, 5) is 0. The SMILES string of the molecule is CC(C)(C)[P@]1(=S)CC[C@@H]1[C@H]1CC[P@@]1(=S)C(C)(C)C. The molecular formula is C14H28P2S2. The molecular weight excluding hydrogens is 294 g/mol. The topological polar surface area (TPSA) is 0 Å². The maximum atomic E-state index is 6.17. The summed E-state index contributed by atoms with van der Waals surface area (Å²) in [6.45, 7) is 14.2. The maximum absolute atomic E-state index is 6.17. The lowest BCUT2D eigenvalue weighted by Crippen LogP contribution is -2.48. The first kappa shape index (κ1) is 15.7. The highest BCUT2D eigenvalue weighted by molar-refractivity contribution is 8.18. The largest absolute Gasteiger partial charge is 0.0966 e. The fourth-order valence-corrected chi connectivity index (χ4v) is 14.5. The van der Waals surface area contributed by atoms with Crippen LogP contribution >= 0.6 is 12.1 Å². The summed E-state index contributed by atoms with van der Waals surface area (Å²) in [5, 5.41) is 0.720. The minimum Gasteiger partial charge on any atom is -0.0966 e. The summed E-state index contributed by atoms with van der Waals surface area (Å²) in [6.07, 6.45) is 5.44. The van der Waals surface area contributed by atoms with Crippen LogP contribution in [0.3, 0.4) is 0 Å². The van der Waals surface area contributed by atoms with Crippen molar-refractivity contribution < 1.29 is 0 Å². The molecule has 2 heterocycles. The van der Waals surface area contributed by atoms with Crippen LogP contribution in [0.4, 0.5) is 0 Å². The first-order valence-electron chi connectivity index (χ1n) is 7.11. The fourth-order valence-electron chi connectivity index (χ4n) is 3.63. The lowest BCUT2D eigenvalue weighted by atomic mass is 10.1. The minimum absolute atomic E-state index is 0.360. The van der Waals surface area contributed by atoms with E-state index >= 15 is 0 Å². The Balaban J connectivity index is 2.26. The summed E-state index contributed by atoms with van der Waals surface area (Å²) in [5.41, 5.74) is 1.68. The second-order valence-electron chi connectivity index (χ2n) is 8.09. The molecule has 0 saturated carbocycles. The van der Waals surface area contributed by atoms with E-state index in [0.29, 0.717) is 10.3 Å². The van der Waals surface area contributed by atoms with Gasteiger partial charge in [0.05, 0.1) is 0 Å². The molecule has 0 N–H and O–H groups in total. The molecule has 0 aromatic carbocycles. The molecule has 0 aromatic heterocycles. The molecule has 4 atom stereocenters. The van der Waals surface area contributed by atoms with Gasteiger partial charge in [0.2, 0.25) is 0 Å². The normalized spacial score (nSPS) is 45.2. The Labute approximate surface area is 124 Å². The molecule has 0 aliphatic carbocycles. The van der Waals surface area contributed by atoms with Crippen molar-refractivity contribution in [3.63, 3.8) is 0 Å². The summed E-state index contributed by atoms with van der Waals surface area (Å²) in [5.74, 6) is 0. The van der Waals surface area contributed by atoms with E-state index in [1.165, 1.54) is 25.2 Å². The lowest BCUT2D eigenvalue weighted by Gasteiger charge is -2.60. The molecule has 0 bridgehead atoms. The quantitative estimate of drug-likeness (QED) is 0.617. The minimum atomic E-state index is -1.16. The van der Waals surface area contributed by atoms with Crippen molar-refractivity contribution in [1.82, 2.24) is 0 Å². The Kier molecular flexibility index (Phi) is 3.83. The van der Waals surface area contributed by atoms with E-state index in [2.05, 4.69) is 41.5 Å². The van der Waals surface area contributed by atoms with E-state index in [1.54, 1.807) is 0 Å². The number of rotatable bonds is 1. The van der Waals surface area contributed by atoms with Crippen LogP contribution in [-0.4, -0.2) is 34.0 Å². The molecule has 0 spiro atoms. The molecule has 0 nitrogen and oxygen atoms in total. The smallest absolute Gasteiger partial charge is 0.00350 e. The van der Waals surface area contributed by atoms with E-state index in [4.69, 9.17) is 23.6 Å². The van der Waals surface area contributed by atoms with E-state index in [0.717, 1.165) is 11.3 Å². The molecule has 2 aliphatic heterocycles. The predicted octanol–water partition coefficient (Wildman–Crippen LogP) is 5.09. The molecule has 4 heteroatoms. The van der Waals surface area contributed by atoms with Crippen molar-refractivity contribution in [2.75, 3.05) is 12.3 Å². The van der Waals surface area contributed by atoms with Gasteiger partial charge in [-0.1, -0.05) is 65.2 Å². The summed E-state index contributed by atoms with van der Waals surface area (Å²) < 4.78 is 0. The Hall–Kier alpha value is 1.30. The third kappa shape index (κ3) is 2.05. The van der Waals surface area contributed by atoms with Gasteiger partial charge >= 0.3 is 0 Å². The zero-order chi connectivity index (χ0) is 14.0. The van der Waals surface area contributed by atoms with Gasteiger partial charge in [0.25, 0.3) is 0 Å². The highest BCUT2D eigenvalue weighted by Gasteiger charge is 2.57. The summed E-state index contributed by atoms with van der Waals surface area (Å²) in [7, 11) is 0.